The zero-order chi connectivity index (χ0) is 26.6. The summed E-state index contributed by atoms with van der Waals surface area (Å²) in [6.45, 7) is 6.27. The molecule has 0 fully saturated rings. The normalized spacial score (nSPS) is 11.1. The van der Waals surface area contributed by atoms with Crippen LogP contribution in [0.5, 0.6) is 0 Å². The summed E-state index contributed by atoms with van der Waals surface area (Å²) < 4.78 is 6.35. The molecular formula is C29H28N6O3. The van der Waals surface area contributed by atoms with Crippen LogP contribution in [0.25, 0.3) is 34.2 Å². The number of nitrogens with one attached hydrogen (secondary N) is 1. The molecule has 5 aromatic rings. The Morgan fingerprint density at radius 3 is 2.47 bits per heavy atom. The third-order valence-electron chi connectivity index (χ3n) is 6.47. The van der Waals surface area contributed by atoms with E-state index >= 15 is 0 Å². The van der Waals surface area contributed by atoms with Gasteiger partial charge < -0.3 is 0 Å². The van der Waals surface area contributed by atoms with Gasteiger partial charge in [-0.2, -0.15) is 0 Å². The minimum Gasteiger partial charge on any atom is -0.296 e. The SMILES string of the molecule is CCCCc1nc(-c2cc(C)ccn2)n(Cc2ccc(-c3ccccc3-c3noc(=O)[nH]3)nc2)c(=O)c1C. The highest BCUT2D eigenvalue weighted by molar-refractivity contribution is 5.78. The van der Waals surface area contributed by atoms with Crippen molar-refractivity contribution in [1.82, 2.24) is 29.7 Å². The average Bonchev–Trinajstić information content (AvgIpc) is 3.37. The van der Waals surface area contributed by atoms with E-state index in [9.17, 15) is 9.59 Å². The zero-order valence-electron chi connectivity index (χ0n) is 21.6. The largest absolute Gasteiger partial charge is 0.439 e. The second kappa shape index (κ2) is 10.8. The second-order valence-electron chi connectivity index (χ2n) is 9.26. The van der Waals surface area contributed by atoms with Gasteiger partial charge in [0.05, 0.1) is 17.9 Å². The molecule has 192 valence electrons. The van der Waals surface area contributed by atoms with E-state index in [-0.39, 0.29) is 5.56 Å². The lowest BCUT2D eigenvalue weighted by atomic mass is 10.0. The van der Waals surface area contributed by atoms with Crippen molar-refractivity contribution >= 4 is 0 Å². The Morgan fingerprint density at radius 2 is 1.79 bits per heavy atom. The van der Waals surface area contributed by atoms with Crippen LogP contribution in [-0.2, 0) is 13.0 Å². The Balaban J connectivity index is 1.53. The van der Waals surface area contributed by atoms with Crippen LogP contribution in [0.2, 0.25) is 0 Å². The molecule has 5 rings (SSSR count). The highest BCUT2D eigenvalue weighted by Crippen LogP contribution is 2.28. The van der Waals surface area contributed by atoms with E-state index < -0.39 is 5.76 Å². The van der Waals surface area contributed by atoms with E-state index in [2.05, 4.69) is 31.6 Å². The predicted octanol–water partition coefficient (Wildman–Crippen LogP) is 4.72. The first kappa shape index (κ1) is 25.0. The number of aromatic nitrogens is 6. The van der Waals surface area contributed by atoms with Gasteiger partial charge >= 0.3 is 5.76 Å². The molecule has 4 aromatic heterocycles. The lowest BCUT2D eigenvalue weighted by molar-refractivity contribution is 0.388. The van der Waals surface area contributed by atoms with Crippen molar-refractivity contribution in [2.45, 2.75) is 46.6 Å². The summed E-state index contributed by atoms with van der Waals surface area (Å²) in [5.41, 5.74) is 6.16. The van der Waals surface area contributed by atoms with Gasteiger partial charge in [-0.25, -0.2) is 9.78 Å². The van der Waals surface area contributed by atoms with Crippen LogP contribution in [0, 0.1) is 13.8 Å². The molecule has 1 aromatic carbocycles. The standard InChI is InChI=1S/C29H28N6O3/c1-4-5-10-23-19(3)28(36)35(27(32-23)25-15-18(2)13-14-30-25)17-20-11-12-24(31-16-20)21-8-6-7-9-22(21)26-33-29(37)38-34-26/h6-9,11-16H,4-5,10,17H2,1-3H3,(H,33,34,37). The smallest absolute Gasteiger partial charge is 0.296 e. The molecule has 0 saturated carbocycles. The van der Waals surface area contributed by atoms with Crippen LogP contribution in [0.15, 0.2) is 75.0 Å². The van der Waals surface area contributed by atoms with Gasteiger partial charge in [-0.1, -0.05) is 48.8 Å². The highest BCUT2D eigenvalue weighted by atomic mass is 16.5. The van der Waals surface area contributed by atoms with E-state index in [1.54, 1.807) is 17.0 Å². The fourth-order valence-corrected chi connectivity index (χ4v) is 4.40. The molecule has 4 heterocycles. The van der Waals surface area contributed by atoms with Crippen LogP contribution in [0.1, 0.15) is 42.1 Å². The van der Waals surface area contributed by atoms with Crippen molar-refractivity contribution in [1.29, 1.82) is 0 Å². The van der Waals surface area contributed by atoms with Gasteiger partial charge in [0, 0.05) is 29.1 Å². The zero-order valence-corrected chi connectivity index (χ0v) is 21.6. The molecule has 0 bridgehead atoms. The lowest BCUT2D eigenvalue weighted by Crippen LogP contribution is -2.28. The van der Waals surface area contributed by atoms with Crippen LogP contribution >= 0.6 is 0 Å². The quantitative estimate of drug-likeness (QED) is 0.322. The minimum absolute atomic E-state index is 0.0752. The van der Waals surface area contributed by atoms with Crippen LogP contribution in [0.3, 0.4) is 0 Å². The van der Waals surface area contributed by atoms with Gasteiger partial charge in [0.1, 0.15) is 5.69 Å². The van der Waals surface area contributed by atoms with Crippen LogP contribution in [-0.4, -0.2) is 29.7 Å². The summed E-state index contributed by atoms with van der Waals surface area (Å²) in [5, 5.41) is 3.81. The Morgan fingerprint density at radius 1 is 0.974 bits per heavy atom. The van der Waals surface area contributed by atoms with Crippen molar-refractivity contribution in [3.05, 3.63) is 104 Å². The molecule has 0 radical (unpaired) electrons. The fourth-order valence-electron chi connectivity index (χ4n) is 4.40. The van der Waals surface area contributed by atoms with Gasteiger partial charge in [0.25, 0.3) is 5.56 Å². The molecule has 0 aliphatic carbocycles. The monoisotopic (exact) mass is 508 g/mol. The molecule has 0 atom stereocenters. The van der Waals surface area contributed by atoms with Crippen LogP contribution < -0.4 is 11.3 Å². The number of hydrogen-bond acceptors (Lipinski definition) is 7. The number of benzene rings is 1. The maximum absolute atomic E-state index is 13.6. The summed E-state index contributed by atoms with van der Waals surface area (Å²) in [6.07, 6.45) is 6.23. The summed E-state index contributed by atoms with van der Waals surface area (Å²) in [6, 6.07) is 15.2. The molecule has 0 aliphatic rings. The van der Waals surface area contributed by atoms with Gasteiger partial charge in [0.2, 0.25) is 0 Å². The van der Waals surface area contributed by atoms with E-state index in [0.29, 0.717) is 40.7 Å². The van der Waals surface area contributed by atoms with Gasteiger partial charge in [-0.05, 0) is 56.0 Å². The number of aromatic amines is 1. The molecule has 0 amide bonds. The summed E-state index contributed by atoms with van der Waals surface area (Å²) in [4.78, 5) is 41.7. The average molecular weight is 509 g/mol. The molecule has 0 spiro atoms. The molecule has 0 saturated heterocycles. The van der Waals surface area contributed by atoms with Crippen molar-refractivity contribution in [3.8, 4) is 34.2 Å². The number of H-pyrrole nitrogens is 1. The van der Waals surface area contributed by atoms with Gasteiger partial charge in [0.15, 0.2) is 11.6 Å². The van der Waals surface area contributed by atoms with E-state index in [4.69, 9.17) is 4.98 Å². The Bertz CT molecular complexity index is 1700. The molecular weight excluding hydrogens is 480 g/mol. The Hall–Kier alpha value is -4.66. The predicted molar refractivity (Wildman–Crippen MR) is 145 cm³/mol. The van der Waals surface area contributed by atoms with Crippen LogP contribution in [0.4, 0.5) is 0 Å². The van der Waals surface area contributed by atoms with E-state index in [1.165, 1.54) is 0 Å². The molecule has 9 heteroatoms. The molecule has 1 N–H and O–H groups in total. The second-order valence-corrected chi connectivity index (χ2v) is 9.26. The Kier molecular flexibility index (Phi) is 7.08. The molecule has 38 heavy (non-hydrogen) atoms. The maximum Gasteiger partial charge on any atom is 0.439 e. The number of unbranched alkanes of at least 4 members (excludes halogenated alkanes) is 1. The summed E-state index contributed by atoms with van der Waals surface area (Å²) in [7, 11) is 0. The lowest BCUT2D eigenvalue weighted by Gasteiger charge is -2.16. The van der Waals surface area contributed by atoms with Gasteiger partial charge in [-0.15, -0.1) is 0 Å². The molecule has 0 aliphatic heterocycles. The first-order valence-corrected chi connectivity index (χ1v) is 12.6. The van der Waals surface area contributed by atoms with Crippen molar-refractivity contribution in [3.63, 3.8) is 0 Å². The third kappa shape index (κ3) is 5.08. The van der Waals surface area contributed by atoms with Crippen molar-refractivity contribution in [2.75, 3.05) is 0 Å². The van der Waals surface area contributed by atoms with Gasteiger partial charge in [-0.3, -0.25) is 28.8 Å². The highest BCUT2D eigenvalue weighted by Gasteiger charge is 2.17. The number of aryl methyl sites for hydroxylation is 2. The van der Waals surface area contributed by atoms with E-state index in [1.807, 2.05) is 62.4 Å². The third-order valence-corrected chi connectivity index (χ3v) is 6.47. The fraction of sp³-hybridized carbons (Fsp3) is 0.241. The van der Waals surface area contributed by atoms with Crippen molar-refractivity contribution in [2.24, 2.45) is 0 Å². The number of rotatable bonds is 8. The number of pyridine rings is 2. The van der Waals surface area contributed by atoms with E-state index in [0.717, 1.165) is 41.6 Å². The molecule has 0 unspecified atom stereocenters. The van der Waals surface area contributed by atoms with Crippen molar-refractivity contribution < 1.29 is 4.52 Å². The topological polar surface area (TPSA) is 120 Å². The number of hydrogen-bond donors (Lipinski definition) is 1. The first-order chi connectivity index (χ1) is 18.4. The first-order valence-electron chi connectivity index (χ1n) is 12.6. The minimum atomic E-state index is -0.618. The Labute approximate surface area is 219 Å². The molecule has 9 nitrogen and oxygen atoms in total. The summed E-state index contributed by atoms with van der Waals surface area (Å²) >= 11 is 0. The number of nitrogens with zero attached hydrogens (tertiary/aromatic N) is 5. The maximum atomic E-state index is 13.6. The summed E-state index contributed by atoms with van der Waals surface area (Å²) in [5.74, 6) is 0.273.